The van der Waals surface area contributed by atoms with Gasteiger partial charge in [-0.3, -0.25) is 9.78 Å². The lowest BCUT2D eigenvalue weighted by Gasteiger charge is -2.25. The minimum absolute atomic E-state index is 0.0724. The second-order valence-corrected chi connectivity index (χ2v) is 7.74. The Morgan fingerprint density at radius 1 is 1.07 bits per heavy atom. The van der Waals surface area contributed by atoms with Gasteiger partial charge in [-0.15, -0.1) is 0 Å². The predicted molar refractivity (Wildman–Crippen MR) is 109 cm³/mol. The third-order valence-corrected chi connectivity index (χ3v) is 5.69. The molecule has 0 saturated carbocycles. The standard InChI is InChI=1S/C21H25N3O2S/c25-20-19(11-16-27-20)23-21(26)24(15-10-17-5-2-1-3-6-17)14-4-7-18-8-12-22-13-9-18/h1-3,5-6,8-9,12-13,19H,4,7,10-11,14-16H2,(H,23,26). The van der Waals surface area contributed by atoms with Crippen LogP contribution in [0.25, 0.3) is 0 Å². The highest BCUT2D eigenvalue weighted by atomic mass is 32.2. The fourth-order valence-electron chi connectivity index (χ4n) is 3.11. The van der Waals surface area contributed by atoms with E-state index < -0.39 is 0 Å². The average molecular weight is 384 g/mol. The summed E-state index contributed by atoms with van der Waals surface area (Å²) in [5.41, 5.74) is 2.42. The van der Waals surface area contributed by atoms with Crippen LogP contribution < -0.4 is 5.32 Å². The van der Waals surface area contributed by atoms with E-state index >= 15 is 0 Å². The Labute approximate surface area is 164 Å². The quantitative estimate of drug-likeness (QED) is 0.760. The smallest absolute Gasteiger partial charge is 0.318 e. The maximum absolute atomic E-state index is 12.8. The summed E-state index contributed by atoms with van der Waals surface area (Å²) in [5.74, 6) is 0.788. The van der Waals surface area contributed by atoms with Crippen molar-refractivity contribution in [3.63, 3.8) is 0 Å². The third kappa shape index (κ3) is 6.10. The Balaban J connectivity index is 1.56. The van der Waals surface area contributed by atoms with Crippen molar-refractivity contribution in [2.45, 2.75) is 31.7 Å². The molecule has 1 fully saturated rings. The van der Waals surface area contributed by atoms with E-state index in [1.165, 1.54) is 22.9 Å². The Morgan fingerprint density at radius 3 is 2.52 bits per heavy atom. The Bertz CT molecular complexity index is 740. The van der Waals surface area contributed by atoms with Gasteiger partial charge >= 0.3 is 6.03 Å². The van der Waals surface area contributed by atoms with Crippen LogP contribution in [0.2, 0.25) is 0 Å². The summed E-state index contributed by atoms with van der Waals surface area (Å²) in [4.78, 5) is 30.5. The Kier molecular flexibility index (Phi) is 7.27. The minimum Gasteiger partial charge on any atom is -0.327 e. The number of rotatable bonds is 8. The zero-order valence-electron chi connectivity index (χ0n) is 15.3. The van der Waals surface area contributed by atoms with Gasteiger partial charge in [-0.1, -0.05) is 42.1 Å². The number of carbonyl (C=O) groups is 2. The van der Waals surface area contributed by atoms with Crippen LogP contribution in [0, 0.1) is 0 Å². The maximum Gasteiger partial charge on any atom is 0.318 e. The maximum atomic E-state index is 12.8. The molecule has 1 aliphatic rings. The molecule has 2 amide bonds. The second kappa shape index (κ2) is 10.1. The number of hydrogen-bond acceptors (Lipinski definition) is 4. The molecule has 0 spiro atoms. The molecule has 0 aliphatic carbocycles. The summed E-state index contributed by atoms with van der Waals surface area (Å²) in [6.45, 7) is 1.30. The van der Waals surface area contributed by atoms with E-state index in [4.69, 9.17) is 0 Å². The molecule has 3 rings (SSSR count). The molecular weight excluding hydrogens is 358 g/mol. The van der Waals surface area contributed by atoms with Crippen molar-refractivity contribution in [2.75, 3.05) is 18.8 Å². The van der Waals surface area contributed by atoms with Crippen LogP contribution in [0.15, 0.2) is 54.9 Å². The molecule has 1 aromatic carbocycles. The topological polar surface area (TPSA) is 62.3 Å². The predicted octanol–water partition coefficient (Wildman–Crippen LogP) is 3.30. The molecule has 0 bridgehead atoms. The summed E-state index contributed by atoms with van der Waals surface area (Å²) in [6, 6.07) is 13.7. The number of urea groups is 1. The highest BCUT2D eigenvalue weighted by Gasteiger charge is 2.28. The Morgan fingerprint density at radius 2 is 1.81 bits per heavy atom. The van der Waals surface area contributed by atoms with E-state index in [0.717, 1.165) is 31.4 Å². The van der Waals surface area contributed by atoms with Gasteiger partial charge in [0.05, 0.1) is 0 Å². The Hall–Kier alpha value is -2.34. The third-order valence-electron chi connectivity index (χ3n) is 4.68. The molecule has 1 N–H and O–H groups in total. The number of pyridine rings is 1. The van der Waals surface area contributed by atoms with Gasteiger partial charge in [0.2, 0.25) is 5.12 Å². The van der Waals surface area contributed by atoms with Crippen LogP contribution in [0.3, 0.4) is 0 Å². The number of benzene rings is 1. The molecule has 1 unspecified atom stereocenters. The highest BCUT2D eigenvalue weighted by Crippen LogP contribution is 2.19. The number of nitrogens with zero attached hydrogens (tertiary/aromatic N) is 2. The minimum atomic E-state index is -0.345. The number of aryl methyl sites for hydroxylation is 1. The van der Waals surface area contributed by atoms with Crippen molar-refractivity contribution in [3.05, 3.63) is 66.0 Å². The van der Waals surface area contributed by atoms with Crippen LogP contribution in [0.4, 0.5) is 4.79 Å². The molecule has 1 aromatic heterocycles. The largest absolute Gasteiger partial charge is 0.327 e. The first-order chi connectivity index (χ1) is 13.2. The normalized spacial score (nSPS) is 16.3. The lowest BCUT2D eigenvalue weighted by Crippen LogP contribution is -2.47. The highest BCUT2D eigenvalue weighted by molar-refractivity contribution is 8.14. The molecule has 2 heterocycles. The molecule has 6 heteroatoms. The monoisotopic (exact) mass is 383 g/mol. The molecule has 2 aromatic rings. The van der Waals surface area contributed by atoms with Crippen LogP contribution >= 0.6 is 11.8 Å². The summed E-state index contributed by atoms with van der Waals surface area (Å²) < 4.78 is 0. The molecule has 27 heavy (non-hydrogen) atoms. The number of hydrogen-bond donors (Lipinski definition) is 1. The van der Waals surface area contributed by atoms with E-state index in [9.17, 15) is 9.59 Å². The van der Waals surface area contributed by atoms with Gasteiger partial charge in [0.25, 0.3) is 0 Å². The zero-order valence-corrected chi connectivity index (χ0v) is 16.2. The number of aromatic nitrogens is 1. The van der Waals surface area contributed by atoms with Gasteiger partial charge in [0, 0.05) is 31.2 Å². The van der Waals surface area contributed by atoms with Gasteiger partial charge in [0.1, 0.15) is 6.04 Å². The van der Waals surface area contributed by atoms with Gasteiger partial charge in [0.15, 0.2) is 0 Å². The van der Waals surface area contributed by atoms with Gasteiger partial charge in [-0.05, 0) is 48.9 Å². The van der Waals surface area contributed by atoms with Crippen molar-refractivity contribution in [1.29, 1.82) is 0 Å². The zero-order chi connectivity index (χ0) is 18.9. The van der Waals surface area contributed by atoms with Crippen LogP contribution in [0.5, 0.6) is 0 Å². The van der Waals surface area contributed by atoms with Crippen molar-refractivity contribution in [3.8, 4) is 0 Å². The molecule has 1 aliphatic heterocycles. The number of amides is 2. The van der Waals surface area contributed by atoms with Gasteiger partial charge in [-0.2, -0.15) is 0 Å². The number of nitrogens with one attached hydrogen (secondary N) is 1. The first-order valence-corrected chi connectivity index (χ1v) is 10.4. The lowest BCUT2D eigenvalue weighted by atomic mass is 10.1. The van der Waals surface area contributed by atoms with E-state index in [1.54, 1.807) is 12.4 Å². The first kappa shape index (κ1) is 19.4. The summed E-state index contributed by atoms with van der Waals surface area (Å²) in [7, 11) is 0. The van der Waals surface area contributed by atoms with Crippen LogP contribution in [0.1, 0.15) is 24.0 Å². The van der Waals surface area contributed by atoms with Gasteiger partial charge in [-0.25, -0.2) is 4.79 Å². The van der Waals surface area contributed by atoms with E-state index in [0.29, 0.717) is 13.1 Å². The molecule has 142 valence electrons. The summed E-state index contributed by atoms with van der Waals surface area (Å²) >= 11 is 1.31. The van der Waals surface area contributed by atoms with Crippen molar-refractivity contribution in [2.24, 2.45) is 0 Å². The lowest BCUT2D eigenvalue weighted by molar-refractivity contribution is -0.112. The summed E-state index contributed by atoms with van der Waals surface area (Å²) in [6.07, 6.45) is 6.88. The molecule has 0 radical (unpaired) electrons. The van der Waals surface area contributed by atoms with Gasteiger partial charge < -0.3 is 10.2 Å². The van der Waals surface area contributed by atoms with Crippen LogP contribution in [-0.4, -0.2) is 45.9 Å². The molecule has 1 saturated heterocycles. The molecular formula is C21H25N3O2S. The van der Waals surface area contributed by atoms with Crippen molar-refractivity contribution < 1.29 is 9.59 Å². The second-order valence-electron chi connectivity index (χ2n) is 6.64. The fraction of sp³-hybridized carbons (Fsp3) is 0.381. The van der Waals surface area contributed by atoms with Crippen molar-refractivity contribution in [1.82, 2.24) is 15.2 Å². The van der Waals surface area contributed by atoms with E-state index in [2.05, 4.69) is 22.4 Å². The SMILES string of the molecule is O=C1SCCC1NC(=O)N(CCCc1ccncc1)CCc1ccccc1. The van der Waals surface area contributed by atoms with E-state index in [1.807, 2.05) is 35.2 Å². The summed E-state index contributed by atoms with van der Waals surface area (Å²) in [5, 5.41) is 2.99. The number of carbonyl (C=O) groups excluding carboxylic acids is 2. The van der Waals surface area contributed by atoms with Crippen LogP contribution in [-0.2, 0) is 17.6 Å². The molecule has 1 atom stereocenters. The first-order valence-electron chi connectivity index (χ1n) is 9.37. The van der Waals surface area contributed by atoms with Crippen molar-refractivity contribution >= 4 is 22.9 Å². The van der Waals surface area contributed by atoms with E-state index in [-0.39, 0.29) is 17.2 Å². The fourth-order valence-corrected chi connectivity index (χ4v) is 4.05. The molecule has 5 nitrogen and oxygen atoms in total. The number of thioether (sulfide) groups is 1. The average Bonchev–Trinajstić information content (AvgIpc) is 3.10.